The Labute approximate surface area is 117 Å². The van der Waals surface area contributed by atoms with Crippen molar-refractivity contribution in [3.05, 3.63) is 34.6 Å². The summed E-state index contributed by atoms with van der Waals surface area (Å²) in [6.07, 6.45) is 0.320. The van der Waals surface area contributed by atoms with Crippen LogP contribution in [0, 0.1) is 5.82 Å². The predicted octanol–water partition coefficient (Wildman–Crippen LogP) is 2.45. The van der Waals surface area contributed by atoms with Crippen LogP contribution in [0.2, 0.25) is 5.02 Å². The maximum absolute atomic E-state index is 13.1. The van der Waals surface area contributed by atoms with Gasteiger partial charge in [-0.15, -0.1) is 0 Å². The standard InChI is InChI=1S/C14H19ClFNO2/c1-10(18)6-12-9-19-5-4-17(12)8-11-2-3-14(16)13(15)7-11/h2-3,7,10,12,18H,4-6,8-9H2,1H3/t10-,12-/m1/s1. The molecule has 1 N–H and O–H groups in total. The normalized spacial score (nSPS) is 22.4. The fourth-order valence-corrected chi connectivity index (χ4v) is 2.58. The van der Waals surface area contributed by atoms with Crippen LogP contribution in [-0.2, 0) is 11.3 Å². The van der Waals surface area contributed by atoms with Crippen molar-refractivity contribution in [3.63, 3.8) is 0 Å². The zero-order valence-electron chi connectivity index (χ0n) is 11.0. The topological polar surface area (TPSA) is 32.7 Å². The molecule has 0 saturated carbocycles. The number of rotatable bonds is 4. The quantitative estimate of drug-likeness (QED) is 0.923. The molecule has 1 aliphatic heterocycles. The first-order valence-electron chi connectivity index (χ1n) is 6.50. The molecule has 1 aromatic carbocycles. The zero-order chi connectivity index (χ0) is 13.8. The van der Waals surface area contributed by atoms with Crippen LogP contribution in [0.25, 0.3) is 0 Å². The predicted molar refractivity (Wildman–Crippen MR) is 72.7 cm³/mol. The lowest BCUT2D eigenvalue weighted by Crippen LogP contribution is -2.46. The van der Waals surface area contributed by atoms with Gasteiger partial charge in [-0.3, -0.25) is 4.90 Å². The molecule has 1 aliphatic rings. The molecule has 0 radical (unpaired) electrons. The van der Waals surface area contributed by atoms with E-state index in [0.717, 1.165) is 12.1 Å². The third-order valence-electron chi connectivity index (χ3n) is 3.33. The molecule has 0 amide bonds. The van der Waals surface area contributed by atoms with E-state index in [-0.39, 0.29) is 17.2 Å². The number of hydrogen-bond acceptors (Lipinski definition) is 3. The summed E-state index contributed by atoms with van der Waals surface area (Å²) in [6, 6.07) is 4.99. The van der Waals surface area contributed by atoms with Gasteiger partial charge in [0.15, 0.2) is 0 Å². The lowest BCUT2D eigenvalue weighted by molar-refractivity contribution is -0.0276. The van der Waals surface area contributed by atoms with Gasteiger partial charge < -0.3 is 9.84 Å². The molecule has 0 spiro atoms. The Morgan fingerprint density at radius 1 is 1.58 bits per heavy atom. The van der Waals surface area contributed by atoms with Gasteiger partial charge in [0.1, 0.15) is 5.82 Å². The maximum Gasteiger partial charge on any atom is 0.141 e. The number of hydrogen-bond donors (Lipinski definition) is 1. The molecule has 106 valence electrons. The Bertz CT molecular complexity index is 428. The molecule has 0 bridgehead atoms. The summed E-state index contributed by atoms with van der Waals surface area (Å²) in [5.41, 5.74) is 0.976. The number of aliphatic hydroxyl groups excluding tert-OH is 1. The van der Waals surface area contributed by atoms with Crippen molar-refractivity contribution in [2.45, 2.75) is 32.0 Å². The molecule has 1 fully saturated rings. The molecule has 2 atom stereocenters. The van der Waals surface area contributed by atoms with E-state index in [1.54, 1.807) is 19.1 Å². The lowest BCUT2D eigenvalue weighted by Gasteiger charge is -2.36. The largest absolute Gasteiger partial charge is 0.393 e. The molecule has 19 heavy (non-hydrogen) atoms. The number of benzene rings is 1. The van der Waals surface area contributed by atoms with E-state index in [1.165, 1.54) is 6.07 Å². The van der Waals surface area contributed by atoms with Gasteiger partial charge in [-0.2, -0.15) is 0 Å². The van der Waals surface area contributed by atoms with E-state index in [0.29, 0.717) is 26.2 Å². The summed E-state index contributed by atoms with van der Waals surface area (Å²) in [5.74, 6) is -0.395. The highest BCUT2D eigenvalue weighted by Crippen LogP contribution is 2.20. The average molecular weight is 288 g/mol. The van der Waals surface area contributed by atoms with Crippen LogP contribution < -0.4 is 0 Å². The van der Waals surface area contributed by atoms with Crippen LogP contribution in [0.5, 0.6) is 0 Å². The SMILES string of the molecule is C[C@@H](O)C[C@@H]1COCCN1Cc1ccc(F)c(Cl)c1. The first-order chi connectivity index (χ1) is 9.06. The van der Waals surface area contributed by atoms with Crippen molar-refractivity contribution >= 4 is 11.6 Å². The molecule has 1 aromatic rings. The van der Waals surface area contributed by atoms with Crippen molar-refractivity contribution in [3.8, 4) is 0 Å². The minimum absolute atomic E-state index is 0.151. The smallest absolute Gasteiger partial charge is 0.141 e. The minimum atomic E-state index is -0.395. The molecule has 0 unspecified atom stereocenters. The van der Waals surface area contributed by atoms with Gasteiger partial charge >= 0.3 is 0 Å². The molecule has 1 saturated heterocycles. The van der Waals surface area contributed by atoms with E-state index in [9.17, 15) is 9.50 Å². The third-order valence-corrected chi connectivity index (χ3v) is 3.62. The van der Waals surface area contributed by atoms with E-state index < -0.39 is 5.82 Å². The summed E-state index contributed by atoms with van der Waals surface area (Å²) in [6.45, 7) is 4.60. The minimum Gasteiger partial charge on any atom is -0.393 e. The Kier molecular flexibility index (Phi) is 5.16. The third kappa shape index (κ3) is 4.14. The van der Waals surface area contributed by atoms with Crippen LogP contribution in [0.3, 0.4) is 0 Å². The van der Waals surface area contributed by atoms with Crippen molar-refractivity contribution in [1.29, 1.82) is 0 Å². The highest BCUT2D eigenvalue weighted by molar-refractivity contribution is 6.30. The molecule has 5 heteroatoms. The highest BCUT2D eigenvalue weighted by atomic mass is 35.5. The van der Waals surface area contributed by atoms with E-state index in [2.05, 4.69) is 4.90 Å². The van der Waals surface area contributed by atoms with Crippen LogP contribution in [0.1, 0.15) is 18.9 Å². The Balaban J connectivity index is 2.04. The van der Waals surface area contributed by atoms with Crippen LogP contribution >= 0.6 is 11.6 Å². The molecule has 3 nitrogen and oxygen atoms in total. The summed E-state index contributed by atoms with van der Waals surface area (Å²) in [4.78, 5) is 2.25. The molecular weight excluding hydrogens is 269 g/mol. The van der Waals surface area contributed by atoms with Crippen LogP contribution in [0.4, 0.5) is 4.39 Å². The fraction of sp³-hybridized carbons (Fsp3) is 0.571. The second-order valence-corrected chi connectivity index (χ2v) is 5.44. The van der Waals surface area contributed by atoms with Gasteiger partial charge in [0.2, 0.25) is 0 Å². The van der Waals surface area contributed by atoms with E-state index in [1.807, 2.05) is 0 Å². The van der Waals surface area contributed by atoms with Crippen molar-refractivity contribution < 1.29 is 14.2 Å². The van der Waals surface area contributed by atoms with E-state index >= 15 is 0 Å². The van der Waals surface area contributed by atoms with E-state index in [4.69, 9.17) is 16.3 Å². The Morgan fingerprint density at radius 3 is 3.05 bits per heavy atom. The van der Waals surface area contributed by atoms with Gasteiger partial charge in [0.05, 0.1) is 24.3 Å². The molecule has 0 aromatic heterocycles. The number of nitrogens with zero attached hydrogens (tertiary/aromatic N) is 1. The van der Waals surface area contributed by atoms with Gasteiger partial charge in [-0.25, -0.2) is 4.39 Å². The molecular formula is C14H19ClFNO2. The molecule has 1 heterocycles. The zero-order valence-corrected chi connectivity index (χ0v) is 11.7. The van der Waals surface area contributed by atoms with Crippen molar-refractivity contribution in [2.75, 3.05) is 19.8 Å². The summed E-state index contributed by atoms with van der Waals surface area (Å²) >= 11 is 5.79. The number of morpholine rings is 1. The summed E-state index contributed by atoms with van der Waals surface area (Å²) in [5, 5.41) is 9.67. The second kappa shape index (κ2) is 6.66. The first-order valence-corrected chi connectivity index (χ1v) is 6.88. The Morgan fingerprint density at radius 2 is 2.37 bits per heavy atom. The Hall–Kier alpha value is -0.680. The fourth-order valence-electron chi connectivity index (χ4n) is 2.38. The second-order valence-electron chi connectivity index (χ2n) is 5.03. The van der Waals surface area contributed by atoms with Crippen LogP contribution in [0.15, 0.2) is 18.2 Å². The molecule has 2 rings (SSSR count). The number of halogens is 2. The monoisotopic (exact) mass is 287 g/mol. The van der Waals surface area contributed by atoms with Gasteiger partial charge in [-0.05, 0) is 31.0 Å². The molecule has 0 aliphatic carbocycles. The highest BCUT2D eigenvalue weighted by Gasteiger charge is 2.24. The lowest BCUT2D eigenvalue weighted by atomic mass is 10.1. The first kappa shape index (κ1) is 14.7. The van der Waals surface area contributed by atoms with Crippen LogP contribution in [-0.4, -0.2) is 41.9 Å². The summed E-state index contributed by atoms with van der Waals surface area (Å²) in [7, 11) is 0. The van der Waals surface area contributed by atoms with Crippen molar-refractivity contribution in [1.82, 2.24) is 4.90 Å². The average Bonchev–Trinajstić information content (AvgIpc) is 2.36. The van der Waals surface area contributed by atoms with Crippen molar-refractivity contribution in [2.24, 2.45) is 0 Å². The number of ether oxygens (including phenoxy) is 1. The summed E-state index contributed by atoms with van der Waals surface area (Å²) < 4.78 is 18.6. The maximum atomic E-state index is 13.1. The number of aliphatic hydroxyl groups is 1. The van der Waals surface area contributed by atoms with Gasteiger partial charge in [-0.1, -0.05) is 17.7 Å². The van der Waals surface area contributed by atoms with Gasteiger partial charge in [0.25, 0.3) is 0 Å². The van der Waals surface area contributed by atoms with Gasteiger partial charge in [0, 0.05) is 19.1 Å².